The number of nitrogens with two attached hydrogens (primary N) is 1. The molecule has 0 unspecified atom stereocenters. The highest BCUT2D eigenvalue weighted by molar-refractivity contribution is 7.89. The van der Waals surface area contributed by atoms with Gasteiger partial charge in [0.05, 0.1) is 14.2 Å². The topological polar surface area (TPSA) is 116 Å². The standard InChI is InChI=1S/C13H16N4O4S/c1-20-10-4-3-9(11(7-10)21-2)8-15-12-5-6-13(17-16-12)22(14,18)19/h3-7H,8H2,1-2H3,(H,15,16)(H2,14,18,19). The zero-order valence-electron chi connectivity index (χ0n) is 12.1. The van der Waals surface area contributed by atoms with Gasteiger partial charge in [0.2, 0.25) is 0 Å². The Morgan fingerprint density at radius 2 is 1.91 bits per heavy atom. The van der Waals surface area contributed by atoms with Crippen LogP contribution in [-0.2, 0) is 16.6 Å². The number of primary sulfonamides is 1. The first-order valence-corrected chi connectivity index (χ1v) is 7.80. The lowest BCUT2D eigenvalue weighted by molar-refractivity contribution is 0.391. The van der Waals surface area contributed by atoms with E-state index in [0.29, 0.717) is 23.9 Å². The van der Waals surface area contributed by atoms with Crippen LogP contribution in [0.4, 0.5) is 5.82 Å². The van der Waals surface area contributed by atoms with Crippen molar-refractivity contribution in [1.82, 2.24) is 10.2 Å². The number of nitrogens with zero attached hydrogens (tertiary/aromatic N) is 2. The molecule has 2 rings (SSSR count). The van der Waals surface area contributed by atoms with Gasteiger partial charge in [0.15, 0.2) is 5.03 Å². The maximum absolute atomic E-state index is 11.1. The van der Waals surface area contributed by atoms with E-state index in [0.717, 1.165) is 5.56 Å². The normalized spacial score (nSPS) is 11.0. The van der Waals surface area contributed by atoms with Crippen LogP contribution in [0.15, 0.2) is 35.4 Å². The predicted octanol–water partition coefficient (Wildman–Crippen LogP) is 0.753. The lowest BCUT2D eigenvalue weighted by Crippen LogP contribution is -2.15. The molecule has 0 saturated carbocycles. The molecular formula is C13H16N4O4S. The molecule has 2 aromatic rings. The Hall–Kier alpha value is -2.39. The molecule has 0 atom stereocenters. The fourth-order valence-electron chi connectivity index (χ4n) is 1.75. The van der Waals surface area contributed by atoms with E-state index < -0.39 is 10.0 Å². The van der Waals surface area contributed by atoms with E-state index in [1.54, 1.807) is 20.3 Å². The van der Waals surface area contributed by atoms with E-state index in [2.05, 4.69) is 15.5 Å². The van der Waals surface area contributed by atoms with Crippen molar-refractivity contribution in [3.8, 4) is 11.5 Å². The number of hydrogen-bond donors (Lipinski definition) is 2. The van der Waals surface area contributed by atoms with Crippen molar-refractivity contribution in [2.45, 2.75) is 11.6 Å². The first kappa shape index (κ1) is 16.0. The highest BCUT2D eigenvalue weighted by Gasteiger charge is 2.10. The van der Waals surface area contributed by atoms with Crippen LogP contribution >= 0.6 is 0 Å². The van der Waals surface area contributed by atoms with Gasteiger partial charge >= 0.3 is 0 Å². The van der Waals surface area contributed by atoms with Gasteiger partial charge in [-0.15, -0.1) is 10.2 Å². The zero-order chi connectivity index (χ0) is 16.2. The van der Waals surface area contributed by atoms with Gasteiger partial charge in [0.25, 0.3) is 10.0 Å². The SMILES string of the molecule is COc1ccc(CNc2ccc(S(N)(=O)=O)nn2)c(OC)c1. The Morgan fingerprint density at radius 3 is 2.45 bits per heavy atom. The minimum atomic E-state index is -3.84. The molecule has 1 aromatic carbocycles. The largest absolute Gasteiger partial charge is 0.497 e. The predicted molar refractivity (Wildman–Crippen MR) is 80.3 cm³/mol. The van der Waals surface area contributed by atoms with E-state index in [1.165, 1.54) is 12.1 Å². The van der Waals surface area contributed by atoms with Gasteiger partial charge in [-0.05, 0) is 24.3 Å². The third-order valence-corrected chi connectivity index (χ3v) is 3.69. The summed E-state index contributed by atoms with van der Waals surface area (Å²) in [6.45, 7) is 0.427. The monoisotopic (exact) mass is 324 g/mol. The Morgan fingerprint density at radius 1 is 1.14 bits per heavy atom. The number of benzene rings is 1. The smallest absolute Gasteiger partial charge is 0.257 e. The van der Waals surface area contributed by atoms with Crippen molar-refractivity contribution in [2.24, 2.45) is 5.14 Å². The van der Waals surface area contributed by atoms with Crippen LogP contribution in [0.3, 0.4) is 0 Å². The average Bonchev–Trinajstić information content (AvgIpc) is 2.52. The number of hydrogen-bond acceptors (Lipinski definition) is 7. The van der Waals surface area contributed by atoms with Crippen LogP contribution in [0.25, 0.3) is 0 Å². The van der Waals surface area contributed by atoms with Crippen LogP contribution in [-0.4, -0.2) is 32.8 Å². The fraction of sp³-hybridized carbons (Fsp3) is 0.231. The Bertz CT molecular complexity index is 747. The molecule has 0 amide bonds. The molecule has 1 heterocycles. The van der Waals surface area contributed by atoms with E-state index in [1.807, 2.05) is 12.1 Å². The zero-order valence-corrected chi connectivity index (χ0v) is 12.9. The molecule has 0 aliphatic carbocycles. The molecule has 0 radical (unpaired) electrons. The van der Waals surface area contributed by atoms with E-state index in [-0.39, 0.29) is 5.03 Å². The average molecular weight is 324 g/mol. The van der Waals surface area contributed by atoms with Crippen molar-refractivity contribution in [3.05, 3.63) is 35.9 Å². The summed E-state index contributed by atoms with van der Waals surface area (Å²) in [7, 11) is -0.693. The molecule has 3 N–H and O–H groups in total. The Kier molecular flexibility index (Phi) is 4.78. The number of methoxy groups -OCH3 is 2. The molecule has 22 heavy (non-hydrogen) atoms. The Balaban J connectivity index is 2.10. The van der Waals surface area contributed by atoms with E-state index in [4.69, 9.17) is 14.6 Å². The lowest BCUT2D eigenvalue weighted by atomic mass is 10.2. The number of anilines is 1. The minimum absolute atomic E-state index is 0.278. The summed E-state index contributed by atoms with van der Waals surface area (Å²) >= 11 is 0. The summed E-state index contributed by atoms with van der Waals surface area (Å²) in [5, 5.41) is 15.0. The van der Waals surface area contributed by atoms with E-state index in [9.17, 15) is 8.42 Å². The second kappa shape index (κ2) is 6.58. The van der Waals surface area contributed by atoms with Crippen LogP contribution in [0, 0.1) is 0 Å². The van der Waals surface area contributed by atoms with Crippen molar-refractivity contribution >= 4 is 15.8 Å². The summed E-state index contributed by atoms with van der Waals surface area (Å²) in [4.78, 5) is 0. The Labute approximate surface area is 128 Å². The molecule has 8 nitrogen and oxygen atoms in total. The fourth-order valence-corrected chi connectivity index (χ4v) is 2.16. The highest BCUT2D eigenvalue weighted by Crippen LogP contribution is 2.25. The van der Waals surface area contributed by atoms with Gasteiger partial charge < -0.3 is 14.8 Å². The minimum Gasteiger partial charge on any atom is -0.497 e. The molecule has 0 aliphatic heterocycles. The number of aromatic nitrogens is 2. The molecule has 0 aliphatic rings. The maximum atomic E-state index is 11.1. The van der Waals surface area contributed by atoms with Gasteiger partial charge in [0, 0.05) is 18.2 Å². The van der Waals surface area contributed by atoms with Crippen LogP contribution < -0.4 is 19.9 Å². The molecule has 118 valence electrons. The molecule has 0 fully saturated rings. The van der Waals surface area contributed by atoms with Crippen molar-refractivity contribution in [1.29, 1.82) is 0 Å². The molecule has 9 heteroatoms. The molecule has 0 spiro atoms. The first-order chi connectivity index (χ1) is 10.4. The van der Waals surface area contributed by atoms with Gasteiger partial charge in [-0.3, -0.25) is 0 Å². The number of ether oxygens (including phenoxy) is 2. The van der Waals surface area contributed by atoms with Crippen molar-refractivity contribution in [2.75, 3.05) is 19.5 Å². The first-order valence-electron chi connectivity index (χ1n) is 6.25. The van der Waals surface area contributed by atoms with Crippen LogP contribution in [0.1, 0.15) is 5.56 Å². The van der Waals surface area contributed by atoms with Crippen molar-refractivity contribution in [3.63, 3.8) is 0 Å². The summed E-state index contributed by atoms with van der Waals surface area (Å²) in [5.74, 6) is 1.78. The van der Waals surface area contributed by atoms with Gasteiger partial charge in [0.1, 0.15) is 17.3 Å². The molecule has 1 aromatic heterocycles. The molecule has 0 bridgehead atoms. The van der Waals surface area contributed by atoms with Crippen molar-refractivity contribution < 1.29 is 17.9 Å². The quantitative estimate of drug-likeness (QED) is 0.805. The second-order valence-corrected chi connectivity index (χ2v) is 5.84. The maximum Gasteiger partial charge on any atom is 0.257 e. The summed E-state index contributed by atoms with van der Waals surface area (Å²) in [5.41, 5.74) is 0.889. The molecule has 0 saturated heterocycles. The lowest BCUT2D eigenvalue weighted by Gasteiger charge is -2.11. The van der Waals surface area contributed by atoms with Gasteiger partial charge in [-0.2, -0.15) is 0 Å². The summed E-state index contributed by atoms with van der Waals surface area (Å²) in [6.07, 6.45) is 0. The second-order valence-electron chi connectivity index (χ2n) is 4.33. The van der Waals surface area contributed by atoms with Gasteiger partial charge in [-0.25, -0.2) is 13.6 Å². The van der Waals surface area contributed by atoms with Crippen LogP contribution in [0.5, 0.6) is 11.5 Å². The molecular weight excluding hydrogens is 308 g/mol. The highest BCUT2D eigenvalue weighted by atomic mass is 32.2. The number of nitrogens with one attached hydrogen (secondary N) is 1. The third kappa shape index (κ3) is 3.83. The third-order valence-electron chi connectivity index (χ3n) is 2.89. The van der Waals surface area contributed by atoms with E-state index >= 15 is 0 Å². The summed E-state index contributed by atoms with van der Waals surface area (Å²) in [6, 6.07) is 8.22. The number of sulfonamides is 1. The number of rotatable bonds is 6. The van der Waals surface area contributed by atoms with Crippen LogP contribution in [0.2, 0.25) is 0 Å². The summed E-state index contributed by atoms with van der Waals surface area (Å²) < 4.78 is 32.6. The van der Waals surface area contributed by atoms with Gasteiger partial charge in [-0.1, -0.05) is 0 Å².